The fraction of sp³-hybridized carbons (Fsp3) is 0.147. The number of para-hydroxylation sites is 2. The topological polar surface area (TPSA) is 84.9 Å². The van der Waals surface area contributed by atoms with Crippen LogP contribution in [0.3, 0.4) is 0 Å². The Morgan fingerprint density at radius 1 is 0.857 bits per heavy atom. The Hall–Kier alpha value is -4.69. The van der Waals surface area contributed by atoms with E-state index < -0.39 is 23.4 Å². The van der Waals surface area contributed by atoms with Crippen LogP contribution in [0.4, 0.5) is 11.4 Å². The molecule has 206 valence electrons. The van der Waals surface area contributed by atoms with Gasteiger partial charge in [-0.2, -0.15) is 0 Å². The number of halogens is 1. The average Bonchev–Trinajstić information content (AvgIpc) is 3.70. The first kappa shape index (κ1) is 25.1. The number of carbonyl (C=O) groups is 3. The minimum atomic E-state index is -1.36. The summed E-state index contributed by atoms with van der Waals surface area (Å²) in [4.78, 5) is 46.0. The minimum absolute atomic E-state index is 0.0769. The molecule has 4 aromatic rings. The number of nitrogens with one attached hydrogen (secondary N) is 1. The van der Waals surface area contributed by atoms with Gasteiger partial charge in [-0.25, -0.2) is 0 Å². The largest absolute Gasteiger partial charge is 0.454 e. The zero-order valence-corrected chi connectivity index (χ0v) is 23.7. The third kappa shape index (κ3) is 3.35. The average molecular weight is 619 g/mol. The summed E-state index contributed by atoms with van der Waals surface area (Å²) >= 11 is 3.46. The molecule has 4 aliphatic heterocycles. The van der Waals surface area contributed by atoms with Crippen LogP contribution in [0.5, 0.6) is 11.5 Å². The molecule has 7 nitrogen and oxygen atoms in total. The number of amides is 1. The van der Waals surface area contributed by atoms with Gasteiger partial charge < -0.3 is 19.7 Å². The van der Waals surface area contributed by atoms with Gasteiger partial charge in [0, 0.05) is 27.0 Å². The van der Waals surface area contributed by atoms with E-state index in [0.717, 1.165) is 15.7 Å². The molecule has 0 radical (unpaired) electrons. The van der Waals surface area contributed by atoms with Crippen molar-refractivity contribution in [1.82, 2.24) is 0 Å². The van der Waals surface area contributed by atoms with Gasteiger partial charge in [0.2, 0.25) is 12.7 Å². The molecule has 0 unspecified atom stereocenters. The monoisotopic (exact) mass is 618 g/mol. The van der Waals surface area contributed by atoms with Gasteiger partial charge in [0.05, 0.1) is 12.0 Å². The Morgan fingerprint density at radius 3 is 2.45 bits per heavy atom. The normalized spacial score (nSPS) is 24.3. The van der Waals surface area contributed by atoms with Gasteiger partial charge in [0.1, 0.15) is 11.5 Å². The maximum atomic E-state index is 14.8. The van der Waals surface area contributed by atoms with Crippen LogP contribution in [-0.2, 0) is 10.2 Å². The Bertz CT molecular complexity index is 1850. The van der Waals surface area contributed by atoms with Gasteiger partial charge in [0.15, 0.2) is 23.1 Å². The van der Waals surface area contributed by atoms with Crippen LogP contribution >= 0.6 is 15.9 Å². The summed E-state index contributed by atoms with van der Waals surface area (Å²) in [5.74, 6) is -0.837. The lowest BCUT2D eigenvalue weighted by atomic mass is 9.64. The molecule has 0 aliphatic carbocycles. The molecular weight excluding hydrogens is 596 g/mol. The summed E-state index contributed by atoms with van der Waals surface area (Å²) in [5.41, 5.74) is 2.53. The van der Waals surface area contributed by atoms with Crippen molar-refractivity contribution in [2.24, 2.45) is 5.92 Å². The van der Waals surface area contributed by atoms with Gasteiger partial charge in [-0.05, 0) is 53.6 Å². The van der Waals surface area contributed by atoms with Crippen LogP contribution in [0, 0.1) is 5.92 Å². The molecule has 8 rings (SSSR count). The summed E-state index contributed by atoms with van der Waals surface area (Å²) in [7, 11) is 0. The molecule has 0 bridgehead atoms. The molecule has 1 spiro atoms. The van der Waals surface area contributed by atoms with Crippen LogP contribution in [-0.4, -0.2) is 36.4 Å². The zero-order chi connectivity index (χ0) is 28.6. The third-order valence-corrected chi connectivity index (χ3v) is 9.41. The van der Waals surface area contributed by atoms with Crippen molar-refractivity contribution in [3.8, 4) is 11.5 Å². The van der Waals surface area contributed by atoms with Gasteiger partial charge in [-0.3, -0.25) is 14.4 Å². The number of nitrogens with zero attached hydrogens (tertiary/aromatic N) is 1. The molecule has 4 atom stereocenters. The van der Waals surface area contributed by atoms with Crippen molar-refractivity contribution in [1.29, 1.82) is 0 Å². The van der Waals surface area contributed by atoms with Crippen LogP contribution in [0.15, 0.2) is 102 Å². The van der Waals surface area contributed by atoms with Crippen molar-refractivity contribution in [2.75, 3.05) is 17.0 Å². The van der Waals surface area contributed by atoms with Gasteiger partial charge in [-0.1, -0.05) is 76.6 Å². The molecule has 1 fully saturated rings. The van der Waals surface area contributed by atoms with E-state index in [4.69, 9.17) is 9.47 Å². The molecule has 4 heterocycles. The maximum absolute atomic E-state index is 14.8. The third-order valence-electron chi connectivity index (χ3n) is 8.88. The molecule has 42 heavy (non-hydrogen) atoms. The molecule has 1 saturated heterocycles. The van der Waals surface area contributed by atoms with Crippen molar-refractivity contribution in [3.63, 3.8) is 0 Å². The number of fused-ring (bicyclic) bond motifs is 7. The summed E-state index contributed by atoms with van der Waals surface area (Å²) in [6, 6.07) is 25.8. The van der Waals surface area contributed by atoms with E-state index in [-0.39, 0.29) is 24.3 Å². The van der Waals surface area contributed by atoms with E-state index in [1.807, 2.05) is 65.6 Å². The van der Waals surface area contributed by atoms with Crippen molar-refractivity contribution >= 4 is 50.9 Å². The van der Waals surface area contributed by atoms with Gasteiger partial charge >= 0.3 is 0 Å². The van der Waals surface area contributed by atoms with Gasteiger partial charge in [-0.15, -0.1) is 0 Å². The smallest absolute Gasteiger partial charge is 0.238 e. The number of anilines is 2. The van der Waals surface area contributed by atoms with E-state index in [1.54, 1.807) is 42.5 Å². The highest BCUT2D eigenvalue weighted by Crippen LogP contribution is 2.58. The highest BCUT2D eigenvalue weighted by atomic mass is 79.9. The van der Waals surface area contributed by atoms with Crippen LogP contribution in [0.25, 0.3) is 6.08 Å². The highest BCUT2D eigenvalue weighted by molar-refractivity contribution is 9.10. The molecule has 1 amide bonds. The molecule has 4 aromatic carbocycles. The molecule has 1 N–H and O–H groups in total. The number of benzene rings is 4. The Morgan fingerprint density at radius 2 is 1.60 bits per heavy atom. The van der Waals surface area contributed by atoms with Crippen LogP contribution < -0.4 is 19.7 Å². The first-order valence-electron chi connectivity index (χ1n) is 13.7. The SMILES string of the molecule is O=C(c1ccc2c(c1)OCO2)[C@@H]1[C@H](C(=O)c2ccc(Br)cc2)[C@@]2(C(=O)Nc3ccccc32)[C@H]2C=Cc3ccccc3N12. The molecule has 0 aromatic heterocycles. The van der Waals surface area contributed by atoms with E-state index in [9.17, 15) is 14.4 Å². The number of Topliss-reactive ketones (excluding diaryl/α,β-unsaturated/α-hetero) is 2. The highest BCUT2D eigenvalue weighted by Gasteiger charge is 2.70. The van der Waals surface area contributed by atoms with Crippen molar-refractivity contribution in [2.45, 2.75) is 17.5 Å². The quantitative estimate of drug-likeness (QED) is 0.281. The van der Waals surface area contributed by atoms with Crippen LogP contribution in [0.2, 0.25) is 0 Å². The number of ether oxygens (including phenoxy) is 2. The Kier molecular flexibility index (Phi) is 5.46. The van der Waals surface area contributed by atoms with Gasteiger partial charge in [0.25, 0.3) is 0 Å². The van der Waals surface area contributed by atoms with E-state index >= 15 is 0 Å². The Labute approximate surface area is 249 Å². The lowest BCUT2D eigenvalue weighted by molar-refractivity contribution is -0.121. The molecule has 4 aliphatic rings. The maximum Gasteiger partial charge on any atom is 0.238 e. The summed E-state index contributed by atoms with van der Waals surface area (Å²) in [6.07, 6.45) is 3.96. The second-order valence-corrected chi connectivity index (χ2v) is 11.8. The summed E-state index contributed by atoms with van der Waals surface area (Å²) < 4.78 is 11.9. The lowest BCUT2D eigenvalue weighted by Crippen LogP contribution is -2.51. The van der Waals surface area contributed by atoms with E-state index in [2.05, 4.69) is 21.2 Å². The molecule has 8 heteroatoms. The fourth-order valence-corrected chi connectivity index (χ4v) is 7.40. The number of carbonyl (C=O) groups excluding carboxylic acids is 3. The van der Waals surface area contributed by atoms with Crippen molar-refractivity contribution in [3.05, 3.63) is 124 Å². The molecule has 0 saturated carbocycles. The minimum Gasteiger partial charge on any atom is -0.454 e. The predicted octanol–water partition coefficient (Wildman–Crippen LogP) is 6.03. The lowest BCUT2D eigenvalue weighted by Gasteiger charge is -2.37. The predicted molar refractivity (Wildman–Crippen MR) is 161 cm³/mol. The van der Waals surface area contributed by atoms with Crippen molar-refractivity contribution < 1.29 is 23.9 Å². The zero-order valence-electron chi connectivity index (χ0n) is 22.1. The number of ketones is 2. The standard InChI is InChI=1S/C34H23BrN2O5/c35-22-13-9-20(10-14-22)31(38)29-30(32(39)21-11-15-26-27(17-21)42-18-41-26)37-25-8-4-1-5-19(25)12-16-28(37)34(29)23-6-2-3-7-24(23)36-33(34)40/h1-17,28-30H,18H2,(H,36,40)/t28-,29-,30+,34+/m1/s1. The first-order chi connectivity index (χ1) is 20.5. The Balaban J connectivity index is 1.41. The molecular formula is C34H23BrN2O5. The first-order valence-corrected chi connectivity index (χ1v) is 14.5. The number of hydrogen-bond donors (Lipinski definition) is 1. The van der Waals surface area contributed by atoms with E-state index in [1.165, 1.54) is 0 Å². The number of hydrogen-bond acceptors (Lipinski definition) is 6. The summed E-state index contributed by atoms with van der Waals surface area (Å²) in [6.45, 7) is 0.0769. The number of rotatable bonds is 4. The van der Waals surface area contributed by atoms with Crippen LogP contribution in [0.1, 0.15) is 31.8 Å². The summed E-state index contributed by atoms with van der Waals surface area (Å²) in [5, 5.41) is 3.06. The van der Waals surface area contributed by atoms with E-state index in [0.29, 0.717) is 33.9 Å². The second-order valence-electron chi connectivity index (χ2n) is 10.9. The second kappa shape index (κ2) is 9.16. The fourth-order valence-electron chi connectivity index (χ4n) is 7.13.